The molecule has 21 heavy (non-hydrogen) atoms. The molecule has 0 spiro atoms. The van der Waals surface area contributed by atoms with Crippen LogP contribution in [-0.4, -0.2) is 17.9 Å². The van der Waals surface area contributed by atoms with Gasteiger partial charge >= 0.3 is 0 Å². The summed E-state index contributed by atoms with van der Waals surface area (Å²) in [7, 11) is 0. The predicted molar refractivity (Wildman–Crippen MR) is 77.6 cm³/mol. The molecule has 5 heteroatoms. The second kappa shape index (κ2) is 5.44. The summed E-state index contributed by atoms with van der Waals surface area (Å²) in [5.74, 6) is 0.393. The molecule has 108 valence electrons. The van der Waals surface area contributed by atoms with Crippen molar-refractivity contribution < 1.29 is 14.0 Å². The van der Waals surface area contributed by atoms with E-state index in [0.29, 0.717) is 18.7 Å². The summed E-state index contributed by atoms with van der Waals surface area (Å²) in [4.78, 5) is 25.8. The lowest BCUT2D eigenvalue weighted by atomic mass is 10.1. The molecule has 1 aliphatic rings. The number of amides is 2. The second-order valence-electron chi connectivity index (χ2n) is 5.03. The van der Waals surface area contributed by atoms with E-state index in [2.05, 4.69) is 5.32 Å². The number of rotatable bonds is 3. The third kappa shape index (κ3) is 2.54. The minimum absolute atomic E-state index is 0.127. The molecule has 1 N–H and O–H groups in total. The highest BCUT2D eigenvalue weighted by Crippen LogP contribution is 2.32. The van der Waals surface area contributed by atoms with Crippen molar-refractivity contribution in [2.24, 2.45) is 0 Å². The first-order valence-electron chi connectivity index (χ1n) is 6.84. The number of anilines is 1. The zero-order valence-electron chi connectivity index (χ0n) is 11.7. The number of benzene rings is 1. The SMILES string of the molecule is CC(=O)N1c2ccccc2CC1C(=O)NCc1ccco1. The summed E-state index contributed by atoms with van der Waals surface area (Å²) in [5.41, 5.74) is 1.84. The quantitative estimate of drug-likeness (QED) is 0.936. The van der Waals surface area contributed by atoms with Gasteiger partial charge in [-0.1, -0.05) is 18.2 Å². The van der Waals surface area contributed by atoms with Crippen LogP contribution in [0.2, 0.25) is 0 Å². The van der Waals surface area contributed by atoms with Crippen LogP contribution in [0.25, 0.3) is 0 Å². The van der Waals surface area contributed by atoms with Gasteiger partial charge in [-0.3, -0.25) is 14.5 Å². The van der Waals surface area contributed by atoms with Gasteiger partial charge in [0.25, 0.3) is 0 Å². The molecule has 2 heterocycles. The van der Waals surface area contributed by atoms with Crippen LogP contribution in [0, 0.1) is 0 Å². The highest BCUT2D eigenvalue weighted by Gasteiger charge is 2.36. The molecule has 2 aromatic rings. The van der Waals surface area contributed by atoms with Crippen molar-refractivity contribution in [1.82, 2.24) is 5.32 Å². The van der Waals surface area contributed by atoms with E-state index in [-0.39, 0.29) is 11.8 Å². The first kappa shape index (κ1) is 13.4. The Bertz CT molecular complexity index is 664. The zero-order chi connectivity index (χ0) is 14.8. The smallest absolute Gasteiger partial charge is 0.243 e. The number of furan rings is 1. The fourth-order valence-corrected chi connectivity index (χ4v) is 2.69. The van der Waals surface area contributed by atoms with Gasteiger partial charge in [0.1, 0.15) is 11.8 Å². The number of hydrogen-bond acceptors (Lipinski definition) is 3. The maximum Gasteiger partial charge on any atom is 0.243 e. The first-order valence-corrected chi connectivity index (χ1v) is 6.84. The van der Waals surface area contributed by atoms with Crippen LogP contribution in [0.15, 0.2) is 47.1 Å². The van der Waals surface area contributed by atoms with Crippen molar-refractivity contribution in [3.8, 4) is 0 Å². The number of fused-ring (bicyclic) bond motifs is 1. The minimum Gasteiger partial charge on any atom is -0.467 e. The van der Waals surface area contributed by atoms with Gasteiger partial charge in [-0.15, -0.1) is 0 Å². The van der Waals surface area contributed by atoms with Crippen LogP contribution in [0.3, 0.4) is 0 Å². The van der Waals surface area contributed by atoms with E-state index in [1.165, 1.54) is 6.92 Å². The zero-order valence-corrected chi connectivity index (χ0v) is 11.7. The van der Waals surface area contributed by atoms with Crippen molar-refractivity contribution in [2.45, 2.75) is 25.9 Å². The molecule has 1 aromatic carbocycles. The van der Waals surface area contributed by atoms with Crippen LogP contribution in [-0.2, 0) is 22.6 Å². The van der Waals surface area contributed by atoms with Gasteiger partial charge in [0.05, 0.1) is 12.8 Å². The largest absolute Gasteiger partial charge is 0.467 e. The molecule has 5 nitrogen and oxygen atoms in total. The fraction of sp³-hybridized carbons (Fsp3) is 0.250. The van der Waals surface area contributed by atoms with Crippen LogP contribution in [0.1, 0.15) is 18.2 Å². The molecular formula is C16H16N2O3. The Morgan fingerprint density at radius 2 is 2.10 bits per heavy atom. The van der Waals surface area contributed by atoms with Crippen LogP contribution < -0.4 is 10.2 Å². The van der Waals surface area contributed by atoms with Crippen molar-refractivity contribution in [3.05, 3.63) is 54.0 Å². The molecule has 1 aliphatic heterocycles. The van der Waals surface area contributed by atoms with Crippen molar-refractivity contribution >= 4 is 17.5 Å². The van der Waals surface area contributed by atoms with Gasteiger partial charge in [-0.05, 0) is 23.8 Å². The fourth-order valence-electron chi connectivity index (χ4n) is 2.69. The van der Waals surface area contributed by atoms with E-state index < -0.39 is 6.04 Å². The normalized spacial score (nSPS) is 16.6. The van der Waals surface area contributed by atoms with E-state index in [0.717, 1.165) is 11.3 Å². The van der Waals surface area contributed by atoms with Gasteiger partial charge in [0.2, 0.25) is 11.8 Å². The average Bonchev–Trinajstić information content (AvgIpc) is 3.11. The van der Waals surface area contributed by atoms with Gasteiger partial charge in [-0.2, -0.15) is 0 Å². The minimum atomic E-state index is -0.491. The first-order chi connectivity index (χ1) is 10.2. The lowest BCUT2D eigenvalue weighted by Crippen LogP contribution is -2.47. The lowest BCUT2D eigenvalue weighted by Gasteiger charge is -2.23. The average molecular weight is 284 g/mol. The molecule has 0 fully saturated rings. The van der Waals surface area contributed by atoms with E-state index in [1.807, 2.05) is 24.3 Å². The Labute approximate surface area is 122 Å². The van der Waals surface area contributed by atoms with Crippen molar-refractivity contribution in [3.63, 3.8) is 0 Å². The summed E-state index contributed by atoms with van der Waals surface area (Å²) < 4.78 is 5.19. The molecule has 0 aliphatic carbocycles. The predicted octanol–water partition coefficient (Wildman–Crippen LogP) is 1.87. The van der Waals surface area contributed by atoms with Crippen LogP contribution in [0.5, 0.6) is 0 Å². The number of hydrogen-bond donors (Lipinski definition) is 1. The molecule has 0 saturated heterocycles. The Morgan fingerprint density at radius 3 is 2.81 bits per heavy atom. The Balaban J connectivity index is 1.76. The maximum absolute atomic E-state index is 12.4. The topological polar surface area (TPSA) is 62.6 Å². The second-order valence-corrected chi connectivity index (χ2v) is 5.03. The van der Waals surface area contributed by atoms with E-state index >= 15 is 0 Å². The molecule has 3 rings (SSSR count). The molecule has 0 saturated carbocycles. The van der Waals surface area contributed by atoms with Gasteiger partial charge < -0.3 is 9.73 Å². The lowest BCUT2D eigenvalue weighted by molar-refractivity contribution is -0.125. The third-order valence-corrected chi connectivity index (χ3v) is 3.63. The van der Waals surface area contributed by atoms with Crippen LogP contribution >= 0.6 is 0 Å². The Morgan fingerprint density at radius 1 is 1.29 bits per heavy atom. The molecule has 1 atom stereocenters. The monoisotopic (exact) mass is 284 g/mol. The maximum atomic E-state index is 12.4. The van der Waals surface area contributed by atoms with E-state index in [4.69, 9.17) is 4.42 Å². The molecular weight excluding hydrogens is 268 g/mol. The number of carbonyl (C=O) groups excluding carboxylic acids is 2. The highest BCUT2D eigenvalue weighted by atomic mass is 16.3. The number of nitrogens with zero attached hydrogens (tertiary/aromatic N) is 1. The molecule has 0 radical (unpaired) electrons. The summed E-state index contributed by atoms with van der Waals surface area (Å²) in [6, 6.07) is 10.7. The standard InChI is InChI=1S/C16H16N2O3/c1-11(19)18-14-7-3-2-5-12(14)9-15(18)16(20)17-10-13-6-4-8-21-13/h2-8,15H,9-10H2,1H3,(H,17,20). The third-order valence-electron chi connectivity index (χ3n) is 3.63. The number of para-hydroxylation sites is 1. The van der Waals surface area contributed by atoms with E-state index in [9.17, 15) is 9.59 Å². The molecule has 2 amide bonds. The summed E-state index contributed by atoms with van der Waals surface area (Å²) in [6.07, 6.45) is 2.11. The van der Waals surface area contributed by atoms with Gasteiger partial charge in [-0.25, -0.2) is 0 Å². The van der Waals surface area contributed by atoms with E-state index in [1.54, 1.807) is 23.3 Å². The van der Waals surface area contributed by atoms with Crippen molar-refractivity contribution in [1.29, 1.82) is 0 Å². The summed E-state index contributed by atoms with van der Waals surface area (Å²) >= 11 is 0. The summed E-state index contributed by atoms with van der Waals surface area (Å²) in [5, 5.41) is 2.82. The Hall–Kier alpha value is -2.56. The molecule has 0 bridgehead atoms. The highest BCUT2D eigenvalue weighted by molar-refractivity contribution is 6.02. The van der Waals surface area contributed by atoms with Crippen LogP contribution in [0.4, 0.5) is 5.69 Å². The molecule has 1 unspecified atom stereocenters. The van der Waals surface area contributed by atoms with Crippen molar-refractivity contribution in [2.75, 3.05) is 4.90 Å². The number of carbonyl (C=O) groups is 2. The number of nitrogens with one attached hydrogen (secondary N) is 1. The summed E-state index contributed by atoms with van der Waals surface area (Å²) in [6.45, 7) is 1.80. The van der Waals surface area contributed by atoms with Gasteiger partial charge in [0, 0.05) is 19.0 Å². The Kier molecular flexibility index (Phi) is 3.48. The van der Waals surface area contributed by atoms with Gasteiger partial charge in [0.15, 0.2) is 0 Å². The molecule has 1 aromatic heterocycles.